The first-order valence-electron chi connectivity index (χ1n) is 20.7. The van der Waals surface area contributed by atoms with E-state index in [1.807, 2.05) is 18.2 Å². The minimum absolute atomic E-state index is 0.814. The number of nitrogens with zero attached hydrogens (tertiary/aromatic N) is 2. The molecule has 0 bridgehead atoms. The van der Waals surface area contributed by atoms with Gasteiger partial charge < -0.3 is 23.6 Å². The van der Waals surface area contributed by atoms with Crippen LogP contribution in [0.1, 0.15) is 0 Å². The number of fused-ring (bicyclic) bond motifs is 12. The molecule has 0 aliphatic carbocycles. The summed E-state index contributed by atoms with van der Waals surface area (Å²) in [5, 5.41) is 14.7. The van der Waals surface area contributed by atoms with Crippen molar-refractivity contribution < 1.29 is 8.83 Å². The molecule has 61 heavy (non-hydrogen) atoms. The van der Waals surface area contributed by atoms with Crippen LogP contribution in [-0.4, -0.2) is 4.57 Å². The van der Waals surface area contributed by atoms with Crippen molar-refractivity contribution in [2.75, 3.05) is 10.2 Å². The van der Waals surface area contributed by atoms with Crippen LogP contribution in [0.3, 0.4) is 0 Å². The molecular formula is C56H35N3O2. The Balaban J connectivity index is 0.939. The Bertz CT molecular complexity index is 3850. The van der Waals surface area contributed by atoms with Crippen LogP contribution in [0, 0.1) is 0 Å². The molecule has 0 saturated heterocycles. The maximum atomic E-state index is 6.85. The molecule has 5 heteroatoms. The highest BCUT2D eigenvalue weighted by Crippen LogP contribution is 2.44. The van der Waals surface area contributed by atoms with Crippen molar-refractivity contribution in [1.82, 2.24) is 4.57 Å². The zero-order valence-corrected chi connectivity index (χ0v) is 32.8. The number of furan rings is 2. The summed E-state index contributed by atoms with van der Waals surface area (Å²) >= 11 is 0. The number of hydrogen-bond donors (Lipinski definition) is 1. The number of anilines is 5. The second-order valence-electron chi connectivity index (χ2n) is 15.9. The van der Waals surface area contributed by atoms with Gasteiger partial charge in [-0.3, -0.25) is 0 Å². The number of benzene rings is 10. The van der Waals surface area contributed by atoms with Crippen LogP contribution < -0.4 is 10.2 Å². The van der Waals surface area contributed by atoms with Gasteiger partial charge in [0.2, 0.25) is 0 Å². The lowest BCUT2D eigenvalue weighted by atomic mass is 10.0. The van der Waals surface area contributed by atoms with E-state index in [9.17, 15) is 0 Å². The van der Waals surface area contributed by atoms with E-state index in [4.69, 9.17) is 8.83 Å². The summed E-state index contributed by atoms with van der Waals surface area (Å²) in [6.07, 6.45) is 0. The molecule has 0 fully saturated rings. The van der Waals surface area contributed by atoms with Crippen LogP contribution in [0.4, 0.5) is 28.4 Å². The molecule has 0 aliphatic heterocycles. The van der Waals surface area contributed by atoms with Gasteiger partial charge in [-0.2, -0.15) is 0 Å². The van der Waals surface area contributed by atoms with Crippen LogP contribution in [0.25, 0.3) is 92.9 Å². The van der Waals surface area contributed by atoms with E-state index >= 15 is 0 Å². The Hall–Kier alpha value is -8.28. The SMILES string of the molecule is c1ccc(Nc2ccc3cc4c(cc3c2)oc2ccc3c5cc6ccc(N(c7ccccc7)c7ccc8c(c7)c7ccccc7n8-c7ccccc7)cc6cc5oc3c24)cc1. The fraction of sp³-hybridized carbons (Fsp3) is 0. The highest BCUT2D eigenvalue weighted by atomic mass is 16.3. The molecule has 5 nitrogen and oxygen atoms in total. The smallest absolute Gasteiger partial charge is 0.147 e. The molecule has 286 valence electrons. The molecule has 0 unspecified atom stereocenters. The zero-order chi connectivity index (χ0) is 40.0. The average Bonchev–Trinajstić information content (AvgIpc) is 3.97. The molecule has 0 spiro atoms. The molecule has 10 aromatic carbocycles. The van der Waals surface area contributed by atoms with Crippen molar-refractivity contribution in [3.8, 4) is 5.69 Å². The molecule has 0 radical (unpaired) electrons. The van der Waals surface area contributed by atoms with E-state index in [1.165, 1.54) is 21.8 Å². The summed E-state index contributed by atoms with van der Waals surface area (Å²) in [4.78, 5) is 2.35. The Morgan fingerprint density at radius 1 is 0.361 bits per heavy atom. The lowest BCUT2D eigenvalue weighted by molar-refractivity contribution is 0.663. The first-order chi connectivity index (χ1) is 30.2. The van der Waals surface area contributed by atoms with Gasteiger partial charge >= 0.3 is 0 Å². The third kappa shape index (κ3) is 5.34. The average molecular weight is 782 g/mol. The Morgan fingerprint density at radius 3 is 1.85 bits per heavy atom. The van der Waals surface area contributed by atoms with Crippen LogP contribution in [0.2, 0.25) is 0 Å². The van der Waals surface area contributed by atoms with Gasteiger partial charge in [0.15, 0.2) is 0 Å². The largest absolute Gasteiger partial charge is 0.456 e. The Morgan fingerprint density at radius 2 is 1.02 bits per heavy atom. The van der Waals surface area contributed by atoms with Crippen molar-refractivity contribution in [2.24, 2.45) is 0 Å². The second kappa shape index (κ2) is 13.1. The van der Waals surface area contributed by atoms with Crippen LogP contribution in [-0.2, 0) is 0 Å². The molecule has 13 aromatic rings. The summed E-state index contributed by atoms with van der Waals surface area (Å²) < 4.78 is 15.7. The van der Waals surface area contributed by atoms with E-state index < -0.39 is 0 Å². The molecule has 3 aromatic heterocycles. The third-order valence-corrected chi connectivity index (χ3v) is 12.2. The minimum Gasteiger partial charge on any atom is -0.456 e. The summed E-state index contributed by atoms with van der Waals surface area (Å²) in [7, 11) is 0. The molecular weight excluding hydrogens is 747 g/mol. The van der Waals surface area contributed by atoms with Gasteiger partial charge in [0, 0.05) is 61.1 Å². The van der Waals surface area contributed by atoms with Gasteiger partial charge in [0.25, 0.3) is 0 Å². The van der Waals surface area contributed by atoms with Crippen LogP contribution >= 0.6 is 0 Å². The lowest BCUT2D eigenvalue weighted by Crippen LogP contribution is -2.09. The fourth-order valence-electron chi connectivity index (χ4n) is 9.45. The number of aromatic nitrogens is 1. The summed E-state index contributed by atoms with van der Waals surface area (Å²) in [5.74, 6) is 0. The fourth-order valence-corrected chi connectivity index (χ4v) is 9.45. The van der Waals surface area contributed by atoms with Gasteiger partial charge in [-0.1, -0.05) is 84.9 Å². The van der Waals surface area contributed by atoms with Crippen LogP contribution in [0.15, 0.2) is 215 Å². The third-order valence-electron chi connectivity index (χ3n) is 12.2. The van der Waals surface area contributed by atoms with Gasteiger partial charge in [0.05, 0.1) is 16.4 Å². The van der Waals surface area contributed by atoms with E-state index in [1.54, 1.807) is 0 Å². The maximum Gasteiger partial charge on any atom is 0.147 e. The molecule has 13 rings (SSSR count). The first kappa shape index (κ1) is 33.7. The minimum atomic E-state index is 0.814. The zero-order valence-electron chi connectivity index (χ0n) is 32.8. The van der Waals surface area contributed by atoms with Crippen molar-refractivity contribution in [3.63, 3.8) is 0 Å². The van der Waals surface area contributed by atoms with Crippen molar-refractivity contribution in [3.05, 3.63) is 206 Å². The predicted octanol–water partition coefficient (Wildman–Crippen LogP) is 16.1. The Kier molecular flexibility index (Phi) is 7.24. The quantitative estimate of drug-likeness (QED) is 0.183. The highest BCUT2D eigenvalue weighted by Gasteiger charge is 2.20. The van der Waals surface area contributed by atoms with Crippen molar-refractivity contribution >= 4 is 116 Å². The van der Waals surface area contributed by atoms with E-state index in [-0.39, 0.29) is 0 Å². The standard InChI is InChI=1S/C56H35N3O2/c1-4-12-39(13-5-1)57-40-22-20-35-31-49-54(32-37(35)28-40)60-52-27-25-46-48-30-36-21-23-43(29-38(36)33-53(48)61-56(46)55(49)52)58(41-14-6-2-7-15-41)44-24-26-51-47(34-44)45-18-10-11-19-50(45)59(51)42-16-8-3-9-17-42/h1-34,57H. The van der Waals surface area contributed by atoms with Gasteiger partial charge in [-0.15, -0.1) is 0 Å². The van der Waals surface area contributed by atoms with Crippen LogP contribution in [0.5, 0.6) is 0 Å². The van der Waals surface area contributed by atoms with Gasteiger partial charge in [0.1, 0.15) is 22.3 Å². The van der Waals surface area contributed by atoms with Gasteiger partial charge in [-0.05, 0) is 143 Å². The first-order valence-corrected chi connectivity index (χ1v) is 20.7. The molecule has 3 heterocycles. The number of rotatable bonds is 6. The maximum absolute atomic E-state index is 6.85. The lowest BCUT2D eigenvalue weighted by Gasteiger charge is -2.26. The Labute approximate surface area is 349 Å². The van der Waals surface area contributed by atoms with E-state index in [2.05, 4.69) is 203 Å². The topological polar surface area (TPSA) is 46.5 Å². The van der Waals surface area contributed by atoms with E-state index in [0.29, 0.717) is 0 Å². The molecule has 1 N–H and O–H groups in total. The van der Waals surface area contributed by atoms with Crippen molar-refractivity contribution in [1.29, 1.82) is 0 Å². The predicted molar refractivity (Wildman–Crippen MR) is 255 cm³/mol. The summed E-state index contributed by atoms with van der Waals surface area (Å²) in [6.45, 7) is 0. The number of hydrogen-bond acceptors (Lipinski definition) is 4. The van der Waals surface area contributed by atoms with Crippen molar-refractivity contribution in [2.45, 2.75) is 0 Å². The molecule has 0 atom stereocenters. The monoisotopic (exact) mass is 781 g/mol. The summed E-state index contributed by atoms with van der Waals surface area (Å²) in [5.41, 5.74) is 12.2. The number of para-hydroxylation sites is 4. The number of nitrogens with one attached hydrogen (secondary N) is 1. The highest BCUT2D eigenvalue weighted by molar-refractivity contribution is 6.24. The molecule has 0 aliphatic rings. The molecule has 0 saturated carbocycles. The normalized spacial score (nSPS) is 11.9. The second-order valence-corrected chi connectivity index (χ2v) is 15.9. The van der Waals surface area contributed by atoms with Gasteiger partial charge in [-0.25, -0.2) is 0 Å². The molecule has 0 amide bonds. The summed E-state index contributed by atoms with van der Waals surface area (Å²) in [6, 6.07) is 73.3. The van der Waals surface area contributed by atoms with E-state index in [0.717, 1.165) is 99.5 Å².